The number of carbonyl (C=O) groups excluding carboxylic acids is 1. The van der Waals surface area contributed by atoms with Crippen LogP contribution in [-0.4, -0.2) is 24.3 Å². The van der Waals surface area contributed by atoms with E-state index in [0.29, 0.717) is 5.75 Å². The number of hydrogen-bond acceptors (Lipinski definition) is 4. The van der Waals surface area contributed by atoms with Crippen LogP contribution in [0.15, 0.2) is 65.8 Å². The summed E-state index contributed by atoms with van der Waals surface area (Å²) in [5, 5.41) is 15.7. The van der Waals surface area contributed by atoms with Crippen LogP contribution in [0.5, 0.6) is 11.5 Å². The van der Waals surface area contributed by atoms with Gasteiger partial charge in [0.05, 0.1) is 18.9 Å². The summed E-state index contributed by atoms with van der Waals surface area (Å²) in [7, 11) is 1.59. The van der Waals surface area contributed by atoms with E-state index in [0.717, 1.165) is 16.3 Å². The normalized spacial score (nSPS) is 10.9. The quantitative estimate of drug-likeness (QED) is 0.572. The number of fused-ring (bicyclic) bond motifs is 1. The lowest BCUT2D eigenvalue weighted by atomic mass is 10.0. The molecule has 0 spiro atoms. The van der Waals surface area contributed by atoms with Gasteiger partial charge in [0.25, 0.3) is 5.91 Å². The molecule has 0 aliphatic carbocycles. The molecule has 2 N–H and O–H groups in total. The van der Waals surface area contributed by atoms with E-state index in [1.165, 1.54) is 12.1 Å². The highest BCUT2D eigenvalue weighted by Crippen LogP contribution is 2.26. The summed E-state index contributed by atoms with van der Waals surface area (Å²) in [5.74, 6) is 0.0887. The van der Waals surface area contributed by atoms with Gasteiger partial charge in [-0.05, 0) is 29.0 Å². The molecule has 120 valence electrons. The van der Waals surface area contributed by atoms with Crippen LogP contribution in [0.2, 0.25) is 0 Å². The van der Waals surface area contributed by atoms with Crippen molar-refractivity contribution in [2.45, 2.75) is 0 Å². The Morgan fingerprint density at radius 1 is 1.08 bits per heavy atom. The standard InChI is InChI=1S/C19H16N2O3/c1-24-18-11-10-13-6-2-3-7-14(13)16(18)12-20-21-19(23)15-8-4-5-9-17(15)22/h2-12,22H,1H3,(H,21,23). The highest BCUT2D eigenvalue weighted by Gasteiger charge is 2.09. The summed E-state index contributed by atoms with van der Waals surface area (Å²) in [5.41, 5.74) is 3.36. The van der Waals surface area contributed by atoms with Gasteiger partial charge < -0.3 is 9.84 Å². The molecule has 5 nitrogen and oxygen atoms in total. The van der Waals surface area contributed by atoms with Crippen LogP contribution in [0.4, 0.5) is 0 Å². The summed E-state index contributed by atoms with van der Waals surface area (Å²) in [6.45, 7) is 0. The predicted octanol–water partition coefficient (Wildman–Crippen LogP) is 3.32. The molecule has 0 fully saturated rings. The summed E-state index contributed by atoms with van der Waals surface area (Å²) in [6.07, 6.45) is 1.54. The summed E-state index contributed by atoms with van der Waals surface area (Å²) < 4.78 is 5.37. The van der Waals surface area contributed by atoms with E-state index < -0.39 is 5.91 Å². The molecule has 0 bridgehead atoms. The number of methoxy groups -OCH3 is 1. The van der Waals surface area contributed by atoms with Crippen LogP contribution in [0.1, 0.15) is 15.9 Å². The topological polar surface area (TPSA) is 70.9 Å². The van der Waals surface area contributed by atoms with E-state index in [9.17, 15) is 9.90 Å². The van der Waals surface area contributed by atoms with Gasteiger partial charge in [0.2, 0.25) is 0 Å². The van der Waals surface area contributed by atoms with Crippen molar-refractivity contribution < 1.29 is 14.6 Å². The molecular weight excluding hydrogens is 304 g/mol. The molecule has 5 heteroatoms. The van der Waals surface area contributed by atoms with Crippen LogP contribution in [0.25, 0.3) is 10.8 Å². The van der Waals surface area contributed by atoms with Crippen LogP contribution in [0.3, 0.4) is 0 Å². The Balaban J connectivity index is 1.88. The molecule has 0 heterocycles. The van der Waals surface area contributed by atoms with Crippen molar-refractivity contribution in [2.24, 2.45) is 5.10 Å². The van der Waals surface area contributed by atoms with Crippen molar-refractivity contribution in [1.29, 1.82) is 0 Å². The van der Waals surface area contributed by atoms with Gasteiger partial charge in [-0.2, -0.15) is 5.10 Å². The summed E-state index contributed by atoms with van der Waals surface area (Å²) in [6, 6.07) is 18.0. The summed E-state index contributed by atoms with van der Waals surface area (Å²) >= 11 is 0. The number of phenolic OH excluding ortho intramolecular Hbond substituents is 1. The number of carbonyl (C=O) groups is 1. The number of amides is 1. The number of rotatable bonds is 4. The van der Waals surface area contributed by atoms with Gasteiger partial charge >= 0.3 is 0 Å². The first kappa shape index (κ1) is 15.6. The SMILES string of the molecule is COc1ccc2ccccc2c1C=NNC(=O)c1ccccc1O. The van der Waals surface area contributed by atoms with E-state index in [4.69, 9.17) is 4.74 Å². The summed E-state index contributed by atoms with van der Waals surface area (Å²) in [4.78, 5) is 12.1. The maximum atomic E-state index is 12.1. The molecule has 3 rings (SSSR count). The zero-order valence-corrected chi connectivity index (χ0v) is 13.1. The van der Waals surface area contributed by atoms with Crippen molar-refractivity contribution in [2.75, 3.05) is 7.11 Å². The minimum Gasteiger partial charge on any atom is -0.507 e. The van der Waals surface area contributed by atoms with Gasteiger partial charge in [0.1, 0.15) is 11.5 Å². The number of ether oxygens (including phenoxy) is 1. The van der Waals surface area contributed by atoms with Gasteiger partial charge in [0.15, 0.2) is 0 Å². The smallest absolute Gasteiger partial charge is 0.275 e. The fourth-order valence-corrected chi connectivity index (χ4v) is 2.47. The molecule has 1 amide bonds. The first-order chi connectivity index (χ1) is 11.7. The van der Waals surface area contributed by atoms with Gasteiger partial charge in [-0.1, -0.05) is 42.5 Å². The molecule has 3 aromatic carbocycles. The lowest BCUT2D eigenvalue weighted by molar-refractivity contribution is 0.0952. The number of hydrazone groups is 1. The van der Waals surface area contributed by atoms with Gasteiger partial charge in [-0.15, -0.1) is 0 Å². The zero-order valence-electron chi connectivity index (χ0n) is 13.1. The van der Waals surface area contributed by atoms with Gasteiger partial charge in [-0.3, -0.25) is 4.79 Å². The van der Waals surface area contributed by atoms with E-state index in [2.05, 4.69) is 10.5 Å². The zero-order chi connectivity index (χ0) is 16.9. The molecule has 0 atom stereocenters. The molecule has 3 aromatic rings. The fraction of sp³-hybridized carbons (Fsp3) is 0.0526. The van der Waals surface area contributed by atoms with Crippen LogP contribution in [0, 0.1) is 0 Å². The average molecular weight is 320 g/mol. The molecular formula is C19H16N2O3. The first-order valence-corrected chi connectivity index (χ1v) is 7.38. The molecule has 0 unspecified atom stereocenters. The van der Waals surface area contributed by atoms with Crippen LogP contribution >= 0.6 is 0 Å². The Labute approximate surface area is 139 Å². The van der Waals surface area contributed by atoms with Crippen molar-refractivity contribution in [3.63, 3.8) is 0 Å². The Hall–Kier alpha value is -3.34. The van der Waals surface area contributed by atoms with E-state index >= 15 is 0 Å². The van der Waals surface area contributed by atoms with E-state index in [1.54, 1.807) is 25.5 Å². The second-order valence-corrected chi connectivity index (χ2v) is 5.12. The highest BCUT2D eigenvalue weighted by molar-refractivity contribution is 6.03. The molecule has 24 heavy (non-hydrogen) atoms. The highest BCUT2D eigenvalue weighted by atomic mass is 16.5. The molecule has 0 radical (unpaired) electrons. The Kier molecular flexibility index (Phi) is 4.43. The van der Waals surface area contributed by atoms with E-state index in [-0.39, 0.29) is 11.3 Å². The van der Waals surface area contributed by atoms with Gasteiger partial charge in [-0.25, -0.2) is 5.43 Å². The number of para-hydroxylation sites is 1. The van der Waals surface area contributed by atoms with Crippen LogP contribution < -0.4 is 10.2 Å². The van der Waals surface area contributed by atoms with Crippen LogP contribution in [-0.2, 0) is 0 Å². The van der Waals surface area contributed by atoms with Crippen molar-refractivity contribution in [3.05, 3.63) is 71.8 Å². The number of aromatic hydroxyl groups is 1. The molecule has 0 aromatic heterocycles. The molecule has 0 saturated heterocycles. The lowest BCUT2D eigenvalue weighted by Crippen LogP contribution is -2.17. The second-order valence-electron chi connectivity index (χ2n) is 5.12. The number of benzene rings is 3. The molecule has 0 saturated carbocycles. The van der Waals surface area contributed by atoms with Crippen molar-refractivity contribution in [3.8, 4) is 11.5 Å². The third-order valence-electron chi connectivity index (χ3n) is 3.66. The Morgan fingerprint density at radius 3 is 2.62 bits per heavy atom. The lowest BCUT2D eigenvalue weighted by Gasteiger charge is -2.08. The van der Waals surface area contributed by atoms with Crippen molar-refractivity contribution >= 4 is 22.9 Å². The first-order valence-electron chi connectivity index (χ1n) is 7.38. The molecule has 0 aliphatic rings. The second kappa shape index (κ2) is 6.83. The fourth-order valence-electron chi connectivity index (χ4n) is 2.47. The monoisotopic (exact) mass is 320 g/mol. The van der Waals surface area contributed by atoms with Crippen molar-refractivity contribution in [1.82, 2.24) is 5.43 Å². The van der Waals surface area contributed by atoms with E-state index in [1.807, 2.05) is 36.4 Å². The number of phenols is 1. The Morgan fingerprint density at radius 2 is 1.83 bits per heavy atom. The number of hydrogen-bond donors (Lipinski definition) is 2. The predicted molar refractivity (Wildman–Crippen MR) is 93.7 cm³/mol. The minimum absolute atomic E-state index is 0.0899. The Bertz CT molecular complexity index is 919. The maximum absolute atomic E-state index is 12.1. The third kappa shape index (κ3) is 3.05. The van der Waals surface area contributed by atoms with Gasteiger partial charge in [0, 0.05) is 5.56 Å². The number of nitrogens with one attached hydrogen (secondary N) is 1. The maximum Gasteiger partial charge on any atom is 0.275 e. The molecule has 0 aliphatic heterocycles. The third-order valence-corrected chi connectivity index (χ3v) is 3.66. The number of nitrogens with zero attached hydrogens (tertiary/aromatic N) is 1. The minimum atomic E-state index is -0.483. The average Bonchev–Trinajstić information content (AvgIpc) is 2.62. The largest absolute Gasteiger partial charge is 0.507 e.